The van der Waals surface area contributed by atoms with E-state index in [0.29, 0.717) is 0 Å². The molecule has 2 aliphatic rings. The van der Waals surface area contributed by atoms with E-state index < -0.39 is 0 Å². The average Bonchev–Trinajstić information content (AvgIpc) is 4.34. The summed E-state index contributed by atoms with van der Waals surface area (Å²) in [5, 5.41) is 10.6. The van der Waals surface area contributed by atoms with Crippen molar-refractivity contribution < 1.29 is 76.5 Å². The molecule has 0 unspecified atom stereocenters. The van der Waals surface area contributed by atoms with Gasteiger partial charge in [-0.1, -0.05) is 206 Å². The Kier molecular flexibility index (Phi) is 27.2. The maximum Gasteiger partial charge on any atom is 4.00 e. The molecule has 4 heteroatoms. The summed E-state index contributed by atoms with van der Waals surface area (Å²) in [4.78, 5) is 0. The van der Waals surface area contributed by atoms with E-state index in [1.807, 2.05) is 0 Å². The van der Waals surface area contributed by atoms with Crippen LogP contribution in [0.4, 0.5) is 0 Å². The maximum absolute atomic E-state index is 2.39. The number of benzene rings is 8. The van der Waals surface area contributed by atoms with Gasteiger partial charge < -0.3 is 37.7 Å². The van der Waals surface area contributed by atoms with E-state index in [2.05, 4.69) is 280 Å². The molecular weight excluding hydrogens is 1290 g/mol. The fourth-order valence-electron chi connectivity index (χ4n) is 9.92. The smallest absolute Gasteiger partial charge is 1.00 e. The van der Waals surface area contributed by atoms with E-state index in [1.54, 1.807) is 0 Å². The quantitative estimate of drug-likeness (QED) is 0.122. The second-order valence-electron chi connectivity index (χ2n) is 18.7. The molecular formula is C72H66Cl2Hf2. The third-order valence-corrected chi connectivity index (χ3v) is 13.7. The van der Waals surface area contributed by atoms with E-state index in [4.69, 9.17) is 0 Å². The van der Waals surface area contributed by atoms with Crippen molar-refractivity contribution in [3.8, 4) is 44.5 Å². The average molecular weight is 1360 g/mol. The van der Waals surface area contributed by atoms with Crippen LogP contribution in [0, 0.1) is 12.8 Å². The molecule has 14 rings (SSSR count). The van der Waals surface area contributed by atoms with Gasteiger partial charge in [-0.05, 0) is 22.3 Å². The number of fused-ring (bicyclic) bond motifs is 4. The topological polar surface area (TPSA) is 0 Å². The molecule has 2 fully saturated rings. The first-order valence-electron chi connectivity index (χ1n) is 26.2. The molecule has 0 heterocycles. The Hall–Kier alpha value is -5.48. The van der Waals surface area contributed by atoms with Gasteiger partial charge in [0.05, 0.1) is 0 Å². The minimum absolute atomic E-state index is 0. The van der Waals surface area contributed by atoms with Crippen LogP contribution in [0.3, 0.4) is 0 Å². The van der Waals surface area contributed by atoms with Crippen LogP contribution in [-0.4, -0.2) is 0 Å². The molecule has 0 spiro atoms. The Balaban J connectivity index is 0.000000171. The normalized spacial score (nSPS) is 12.2. The van der Waals surface area contributed by atoms with Gasteiger partial charge in [-0.2, -0.15) is 74.2 Å². The fraction of sp³-hybridized carbons (Fsp3) is 0.139. The Bertz CT molecular complexity index is 2940. The Morgan fingerprint density at radius 1 is 0.224 bits per heavy atom. The summed E-state index contributed by atoms with van der Waals surface area (Å²) in [6.45, 7) is 0. The molecule has 76 heavy (non-hydrogen) atoms. The minimum atomic E-state index is 0. The van der Waals surface area contributed by atoms with Gasteiger partial charge in [-0.3, -0.25) is 0 Å². The van der Waals surface area contributed by atoms with E-state index in [-0.39, 0.29) is 76.5 Å². The van der Waals surface area contributed by atoms with Gasteiger partial charge in [0.1, 0.15) is 0 Å². The van der Waals surface area contributed by atoms with Crippen molar-refractivity contribution in [1.29, 1.82) is 0 Å². The van der Waals surface area contributed by atoms with Gasteiger partial charge in [-0.15, -0.1) is 116 Å². The predicted molar refractivity (Wildman–Crippen MR) is 315 cm³/mol. The summed E-state index contributed by atoms with van der Waals surface area (Å²) in [6, 6.07) is 93.6. The van der Waals surface area contributed by atoms with Crippen LogP contribution in [0.25, 0.3) is 87.6 Å². The number of hydrogen-bond donors (Lipinski definition) is 0. The van der Waals surface area contributed by atoms with E-state index in [1.165, 1.54) is 152 Å². The van der Waals surface area contributed by atoms with Crippen LogP contribution < -0.4 is 24.8 Å². The summed E-state index contributed by atoms with van der Waals surface area (Å²) in [6.07, 6.45) is 19.0. The zero-order chi connectivity index (χ0) is 48.8. The Morgan fingerprint density at radius 3 is 0.632 bits per heavy atom. The molecule has 0 N–H and O–H groups in total. The molecule has 0 amide bonds. The summed E-state index contributed by atoms with van der Waals surface area (Å²) in [5.74, 6) is 0. The molecule has 0 nitrogen and oxygen atoms in total. The SMILES string of the molecule is [CH-]1CCCCC1.[CH-]1CCCCC1.[Cl-].[Cl-].[Hf+4].[Hf+4].c1ccc(-c2cccc3[cH-]ccc23)cc1.c1ccc(-c2cccc3[cH-]ccc23)cc1.c1ccc(-c2cccc3[cH-]ccc23)cc1.c1ccc(-c2cccc3[cH-]ccc23)cc1. The molecule has 12 aromatic rings. The van der Waals surface area contributed by atoms with Crippen molar-refractivity contribution in [1.82, 2.24) is 0 Å². The zero-order valence-corrected chi connectivity index (χ0v) is 52.1. The van der Waals surface area contributed by atoms with E-state index in [9.17, 15) is 0 Å². The second-order valence-corrected chi connectivity index (χ2v) is 18.7. The molecule has 0 radical (unpaired) electrons. The van der Waals surface area contributed by atoms with Crippen LogP contribution in [-0.2, 0) is 51.7 Å². The first-order valence-corrected chi connectivity index (χ1v) is 26.2. The standard InChI is InChI=1S/4C15H11.2C6H11.2ClH.2Hf/c4*1-2-6-12(7-3-1)14-10-4-8-13-9-5-11-15(13)14;2*1-2-4-6-5-3-1;;;;/h4*1-11H;2*1H,2-6H2;2*1H;;/q6*-1;;;2*+4/p-2. The monoisotopic (exact) mass is 1360 g/mol. The van der Waals surface area contributed by atoms with Gasteiger partial charge in [0.2, 0.25) is 0 Å². The van der Waals surface area contributed by atoms with Crippen molar-refractivity contribution in [2.45, 2.75) is 64.2 Å². The first-order chi connectivity index (χ1) is 35.8. The molecule has 2 saturated carbocycles. The Labute approximate surface area is 503 Å². The molecule has 0 bridgehead atoms. The molecule has 2 aliphatic carbocycles. The summed E-state index contributed by atoms with van der Waals surface area (Å²) in [5.41, 5.74) is 10.4. The van der Waals surface area contributed by atoms with Crippen molar-refractivity contribution >= 4 is 43.1 Å². The molecule has 0 aliphatic heterocycles. The maximum atomic E-state index is 2.39. The van der Waals surface area contributed by atoms with Crippen LogP contribution in [0.2, 0.25) is 0 Å². The minimum Gasteiger partial charge on any atom is -1.00 e. The van der Waals surface area contributed by atoms with Crippen molar-refractivity contribution in [3.05, 3.63) is 280 Å². The van der Waals surface area contributed by atoms with E-state index in [0.717, 1.165) is 0 Å². The summed E-state index contributed by atoms with van der Waals surface area (Å²) < 4.78 is 0. The largest absolute Gasteiger partial charge is 4.00 e. The number of hydrogen-bond acceptors (Lipinski definition) is 0. The van der Waals surface area contributed by atoms with Gasteiger partial charge in [-0.25, -0.2) is 0 Å². The van der Waals surface area contributed by atoms with Gasteiger partial charge in [0, 0.05) is 0 Å². The van der Waals surface area contributed by atoms with Crippen molar-refractivity contribution in [3.63, 3.8) is 0 Å². The number of halogens is 2. The number of rotatable bonds is 4. The second kappa shape index (κ2) is 33.6. The summed E-state index contributed by atoms with van der Waals surface area (Å²) >= 11 is 0. The van der Waals surface area contributed by atoms with Crippen molar-refractivity contribution in [2.24, 2.45) is 0 Å². The third-order valence-electron chi connectivity index (χ3n) is 13.7. The molecule has 0 saturated heterocycles. The predicted octanol–water partition coefficient (Wildman–Crippen LogP) is 15.2. The zero-order valence-electron chi connectivity index (χ0n) is 43.4. The molecule has 0 atom stereocenters. The van der Waals surface area contributed by atoms with Gasteiger partial charge in [0.15, 0.2) is 0 Å². The Morgan fingerprint density at radius 2 is 0.447 bits per heavy atom. The third kappa shape index (κ3) is 17.3. The van der Waals surface area contributed by atoms with Crippen LogP contribution >= 0.6 is 0 Å². The van der Waals surface area contributed by atoms with Crippen LogP contribution in [0.1, 0.15) is 64.2 Å². The fourth-order valence-corrected chi connectivity index (χ4v) is 9.92. The van der Waals surface area contributed by atoms with E-state index >= 15 is 0 Å². The van der Waals surface area contributed by atoms with Gasteiger partial charge in [0.25, 0.3) is 0 Å². The van der Waals surface area contributed by atoms with Crippen LogP contribution in [0.5, 0.6) is 0 Å². The summed E-state index contributed by atoms with van der Waals surface area (Å²) in [7, 11) is 0. The molecule has 12 aromatic carbocycles. The molecule has 0 aromatic heterocycles. The van der Waals surface area contributed by atoms with Gasteiger partial charge >= 0.3 is 51.7 Å². The van der Waals surface area contributed by atoms with Crippen molar-refractivity contribution in [2.75, 3.05) is 0 Å². The molecule has 376 valence electrons. The first kappa shape index (κ1) is 61.4. The van der Waals surface area contributed by atoms with Crippen LogP contribution in [0.15, 0.2) is 267 Å².